The van der Waals surface area contributed by atoms with Gasteiger partial charge in [-0.2, -0.15) is 0 Å². The Balaban J connectivity index is 1.89. The van der Waals surface area contributed by atoms with Gasteiger partial charge in [-0.15, -0.1) is 0 Å². The topological polar surface area (TPSA) is 67.6 Å². The molecule has 0 saturated carbocycles. The molecule has 0 unspecified atom stereocenters. The normalized spacial score (nSPS) is 15.3. The van der Waals surface area contributed by atoms with Crippen LogP contribution in [0.1, 0.15) is 24.8 Å². The number of nitrogens with zero attached hydrogens (tertiary/aromatic N) is 2. The minimum atomic E-state index is -0.390. The molecule has 2 rings (SSSR count). The van der Waals surface area contributed by atoms with Crippen molar-refractivity contribution < 1.29 is 9.66 Å². The maximum Gasteiger partial charge on any atom is 0.310 e. The predicted octanol–water partition coefficient (Wildman–Crippen LogP) is 2.18. The van der Waals surface area contributed by atoms with Crippen LogP contribution in [-0.2, 0) is 6.54 Å². The standard InChI is InChI=1S/C15H23N3O3/c1-16-12-13-5-6-14(18(19)20)15(11-13)21-10-4-9-17-7-2-3-8-17/h5-6,11,16H,2-4,7-10,12H2,1H3. The maximum absolute atomic E-state index is 11.0. The van der Waals surface area contributed by atoms with Crippen molar-refractivity contribution in [3.8, 4) is 5.75 Å². The molecule has 1 heterocycles. The molecule has 0 amide bonds. The molecule has 1 aromatic rings. The van der Waals surface area contributed by atoms with Crippen LogP contribution >= 0.6 is 0 Å². The second kappa shape index (κ2) is 7.95. The number of nitro groups is 1. The highest BCUT2D eigenvalue weighted by molar-refractivity contribution is 5.48. The van der Waals surface area contributed by atoms with Crippen molar-refractivity contribution in [2.24, 2.45) is 0 Å². The first-order chi connectivity index (χ1) is 10.2. The zero-order chi connectivity index (χ0) is 15.1. The van der Waals surface area contributed by atoms with E-state index in [0.717, 1.165) is 31.6 Å². The van der Waals surface area contributed by atoms with E-state index >= 15 is 0 Å². The fraction of sp³-hybridized carbons (Fsp3) is 0.600. The molecule has 6 heteroatoms. The van der Waals surface area contributed by atoms with E-state index in [9.17, 15) is 10.1 Å². The minimum absolute atomic E-state index is 0.0380. The van der Waals surface area contributed by atoms with E-state index in [-0.39, 0.29) is 10.6 Å². The van der Waals surface area contributed by atoms with Gasteiger partial charge < -0.3 is 15.0 Å². The van der Waals surface area contributed by atoms with Gasteiger partial charge in [0.1, 0.15) is 0 Å². The first-order valence-electron chi connectivity index (χ1n) is 7.48. The van der Waals surface area contributed by atoms with Gasteiger partial charge in [0.25, 0.3) is 0 Å². The van der Waals surface area contributed by atoms with Crippen LogP contribution < -0.4 is 10.1 Å². The molecule has 116 valence electrons. The van der Waals surface area contributed by atoms with E-state index in [4.69, 9.17) is 4.74 Å². The van der Waals surface area contributed by atoms with Crippen LogP contribution in [0.25, 0.3) is 0 Å². The van der Waals surface area contributed by atoms with Crippen molar-refractivity contribution in [2.45, 2.75) is 25.8 Å². The van der Waals surface area contributed by atoms with Crippen LogP contribution in [0.15, 0.2) is 18.2 Å². The van der Waals surface area contributed by atoms with Crippen molar-refractivity contribution in [1.82, 2.24) is 10.2 Å². The molecular formula is C15H23N3O3. The van der Waals surface area contributed by atoms with E-state index in [2.05, 4.69) is 10.2 Å². The number of ether oxygens (including phenoxy) is 1. The Hall–Kier alpha value is -1.66. The highest BCUT2D eigenvalue weighted by Crippen LogP contribution is 2.28. The molecule has 0 aromatic heterocycles. The van der Waals surface area contributed by atoms with E-state index in [0.29, 0.717) is 18.9 Å². The lowest BCUT2D eigenvalue weighted by Crippen LogP contribution is -2.22. The Morgan fingerprint density at radius 3 is 2.81 bits per heavy atom. The smallest absolute Gasteiger partial charge is 0.310 e. The van der Waals surface area contributed by atoms with Crippen LogP contribution in [0, 0.1) is 10.1 Å². The zero-order valence-electron chi connectivity index (χ0n) is 12.5. The van der Waals surface area contributed by atoms with Crippen LogP contribution in [-0.4, -0.2) is 43.1 Å². The maximum atomic E-state index is 11.0. The highest BCUT2D eigenvalue weighted by Gasteiger charge is 2.16. The summed E-state index contributed by atoms with van der Waals surface area (Å²) in [4.78, 5) is 13.1. The highest BCUT2D eigenvalue weighted by atomic mass is 16.6. The van der Waals surface area contributed by atoms with Gasteiger partial charge in [-0.3, -0.25) is 10.1 Å². The Bertz CT molecular complexity index is 473. The number of likely N-dealkylation sites (tertiary alicyclic amines) is 1. The summed E-state index contributed by atoms with van der Waals surface area (Å²) in [6.07, 6.45) is 3.45. The van der Waals surface area contributed by atoms with Gasteiger partial charge in [-0.25, -0.2) is 0 Å². The third-order valence-electron chi connectivity index (χ3n) is 3.68. The van der Waals surface area contributed by atoms with Crippen LogP contribution in [0.5, 0.6) is 5.75 Å². The average Bonchev–Trinajstić information content (AvgIpc) is 2.97. The molecule has 0 radical (unpaired) electrons. The van der Waals surface area contributed by atoms with Crippen molar-refractivity contribution >= 4 is 5.69 Å². The molecule has 1 saturated heterocycles. The summed E-state index contributed by atoms with van der Waals surface area (Å²) < 4.78 is 5.65. The number of nitrogens with one attached hydrogen (secondary N) is 1. The fourth-order valence-electron chi connectivity index (χ4n) is 2.62. The summed E-state index contributed by atoms with van der Waals surface area (Å²) in [6, 6.07) is 5.03. The van der Waals surface area contributed by atoms with E-state index in [1.165, 1.54) is 18.9 Å². The molecule has 1 N–H and O–H groups in total. The molecule has 1 aliphatic heterocycles. The first kappa shape index (κ1) is 15.7. The molecule has 1 aromatic carbocycles. The van der Waals surface area contributed by atoms with Crippen LogP contribution in [0.2, 0.25) is 0 Å². The molecule has 0 spiro atoms. The summed E-state index contributed by atoms with van der Waals surface area (Å²) in [5.74, 6) is 0.370. The summed E-state index contributed by atoms with van der Waals surface area (Å²) >= 11 is 0. The van der Waals surface area contributed by atoms with E-state index in [1.54, 1.807) is 12.1 Å². The monoisotopic (exact) mass is 293 g/mol. The molecule has 0 atom stereocenters. The van der Waals surface area contributed by atoms with Gasteiger partial charge in [0.2, 0.25) is 0 Å². The number of benzene rings is 1. The number of hydrogen-bond acceptors (Lipinski definition) is 5. The first-order valence-corrected chi connectivity index (χ1v) is 7.48. The van der Waals surface area contributed by atoms with E-state index in [1.807, 2.05) is 7.05 Å². The fourth-order valence-corrected chi connectivity index (χ4v) is 2.62. The van der Waals surface area contributed by atoms with Gasteiger partial charge in [0, 0.05) is 19.2 Å². The lowest BCUT2D eigenvalue weighted by molar-refractivity contribution is -0.385. The molecule has 6 nitrogen and oxygen atoms in total. The molecular weight excluding hydrogens is 270 g/mol. The average molecular weight is 293 g/mol. The van der Waals surface area contributed by atoms with Crippen molar-refractivity contribution in [2.75, 3.05) is 33.3 Å². The van der Waals surface area contributed by atoms with E-state index < -0.39 is 0 Å². The number of rotatable bonds is 8. The molecule has 0 aliphatic carbocycles. The molecule has 21 heavy (non-hydrogen) atoms. The lowest BCUT2D eigenvalue weighted by Gasteiger charge is -2.14. The molecule has 1 aliphatic rings. The van der Waals surface area contributed by atoms with Gasteiger partial charge in [-0.1, -0.05) is 6.07 Å². The second-order valence-electron chi connectivity index (χ2n) is 5.34. The van der Waals surface area contributed by atoms with Crippen molar-refractivity contribution in [3.63, 3.8) is 0 Å². The van der Waals surface area contributed by atoms with Gasteiger partial charge >= 0.3 is 5.69 Å². The Kier molecular flexibility index (Phi) is 5.95. The predicted molar refractivity (Wildman–Crippen MR) is 81.6 cm³/mol. The van der Waals surface area contributed by atoms with Gasteiger partial charge in [0.15, 0.2) is 5.75 Å². The van der Waals surface area contributed by atoms with Crippen LogP contribution in [0.4, 0.5) is 5.69 Å². The minimum Gasteiger partial charge on any atom is -0.487 e. The van der Waals surface area contributed by atoms with Crippen molar-refractivity contribution in [3.05, 3.63) is 33.9 Å². The van der Waals surface area contributed by atoms with Gasteiger partial charge in [-0.05, 0) is 51.0 Å². The molecule has 0 bridgehead atoms. The SMILES string of the molecule is CNCc1ccc([N+](=O)[O-])c(OCCCN2CCCC2)c1. The summed E-state index contributed by atoms with van der Waals surface area (Å²) in [6.45, 7) is 4.52. The number of hydrogen-bond donors (Lipinski definition) is 1. The lowest BCUT2D eigenvalue weighted by atomic mass is 10.2. The van der Waals surface area contributed by atoms with Gasteiger partial charge in [0.05, 0.1) is 11.5 Å². The third-order valence-corrected chi connectivity index (χ3v) is 3.68. The summed E-state index contributed by atoms with van der Waals surface area (Å²) in [7, 11) is 1.85. The Labute approximate surface area is 125 Å². The van der Waals surface area contributed by atoms with Crippen molar-refractivity contribution in [1.29, 1.82) is 0 Å². The Morgan fingerprint density at radius 2 is 2.14 bits per heavy atom. The Morgan fingerprint density at radius 1 is 1.38 bits per heavy atom. The summed E-state index contributed by atoms with van der Waals surface area (Å²) in [5, 5.41) is 14.1. The molecule has 1 fully saturated rings. The third kappa shape index (κ3) is 4.68. The number of nitro benzene ring substituents is 1. The second-order valence-corrected chi connectivity index (χ2v) is 5.34. The summed E-state index contributed by atoms with van der Waals surface area (Å²) in [5.41, 5.74) is 1.02. The quantitative estimate of drug-likeness (QED) is 0.452. The van der Waals surface area contributed by atoms with Crippen LogP contribution in [0.3, 0.4) is 0 Å². The largest absolute Gasteiger partial charge is 0.487 e. The zero-order valence-corrected chi connectivity index (χ0v) is 12.5.